The second kappa shape index (κ2) is 48.1. The molecule has 0 spiro atoms. The molecule has 2 unspecified atom stereocenters. The molecule has 65 heavy (non-hydrogen) atoms. The molecule has 0 amide bonds. The topological polar surface area (TPSA) is 91.3 Å². The number of rotatable bonds is 48. The van der Waals surface area contributed by atoms with Gasteiger partial charge in [-0.3, -0.25) is 13.8 Å². The van der Waals surface area contributed by atoms with Crippen LogP contribution in [0.3, 0.4) is 0 Å². The standard InChI is InChI=1S/C56H100NO7P/c1-6-8-10-12-14-16-18-20-22-24-26-27-28-29-30-31-32-33-35-37-39-41-43-45-47-49-56(58)64-55(54-63-65(59,60)62-52-50-57(3,4)5)53-61-51-48-46-44-42-40-38-36-34-25-23-21-19-17-15-13-11-9-7-2/h9,11,15,17-18,20-21,23-24,26,28-29,34,36,55H,6-8,10,12-14,16,19,22,25,27,30-33,35,37-54H2,1-5H3/p+1/b11-9-,17-15-,20-18-,23-21-,26-24-,29-28-,36-34-. The zero-order valence-corrected chi connectivity index (χ0v) is 43.6. The minimum atomic E-state index is -4.29. The summed E-state index contributed by atoms with van der Waals surface area (Å²) in [5.74, 6) is -0.327. The van der Waals surface area contributed by atoms with Gasteiger partial charge in [-0.15, -0.1) is 0 Å². The molecule has 0 aliphatic rings. The van der Waals surface area contributed by atoms with Gasteiger partial charge in [-0.1, -0.05) is 195 Å². The fraction of sp³-hybridized carbons (Fsp3) is 0.732. The molecule has 9 heteroatoms. The predicted molar refractivity (Wildman–Crippen MR) is 279 cm³/mol. The lowest BCUT2D eigenvalue weighted by Gasteiger charge is -2.24. The zero-order chi connectivity index (χ0) is 47.6. The zero-order valence-electron chi connectivity index (χ0n) is 42.7. The van der Waals surface area contributed by atoms with Gasteiger partial charge in [0.2, 0.25) is 0 Å². The molecule has 0 fully saturated rings. The average molecular weight is 931 g/mol. The molecular formula is C56H101NO7P+. The lowest BCUT2D eigenvalue weighted by molar-refractivity contribution is -0.870. The van der Waals surface area contributed by atoms with E-state index in [1.807, 2.05) is 21.1 Å². The van der Waals surface area contributed by atoms with Gasteiger partial charge in [-0.25, -0.2) is 4.57 Å². The highest BCUT2D eigenvalue weighted by atomic mass is 31.2. The van der Waals surface area contributed by atoms with Crippen molar-refractivity contribution >= 4 is 13.8 Å². The summed E-state index contributed by atoms with van der Waals surface area (Å²) >= 11 is 0. The molecule has 2 atom stereocenters. The van der Waals surface area contributed by atoms with E-state index in [9.17, 15) is 14.3 Å². The van der Waals surface area contributed by atoms with Crippen molar-refractivity contribution in [3.63, 3.8) is 0 Å². The molecule has 0 aromatic heterocycles. The molecule has 8 nitrogen and oxygen atoms in total. The summed E-state index contributed by atoms with van der Waals surface area (Å²) in [4.78, 5) is 23.0. The van der Waals surface area contributed by atoms with Gasteiger partial charge >= 0.3 is 13.8 Å². The van der Waals surface area contributed by atoms with Crippen molar-refractivity contribution in [1.82, 2.24) is 0 Å². The first-order valence-corrected chi connectivity index (χ1v) is 27.8. The number of nitrogens with zero attached hydrogens (tertiary/aromatic N) is 1. The first kappa shape index (κ1) is 62.7. The maximum absolute atomic E-state index is 12.8. The Hall–Kier alpha value is -2.32. The van der Waals surface area contributed by atoms with Crippen LogP contribution in [0.1, 0.15) is 206 Å². The summed E-state index contributed by atoms with van der Waals surface area (Å²) in [6.45, 7) is 5.44. The van der Waals surface area contributed by atoms with Gasteiger partial charge in [0.15, 0.2) is 0 Å². The minimum Gasteiger partial charge on any atom is -0.457 e. The van der Waals surface area contributed by atoms with E-state index in [0.29, 0.717) is 24.1 Å². The minimum absolute atomic E-state index is 0.0794. The average Bonchev–Trinajstić information content (AvgIpc) is 3.27. The molecule has 0 aromatic carbocycles. The Labute approximate surface area is 401 Å². The van der Waals surface area contributed by atoms with Crippen molar-refractivity contribution in [1.29, 1.82) is 0 Å². The largest absolute Gasteiger partial charge is 0.472 e. The third-order valence-electron chi connectivity index (χ3n) is 10.9. The Morgan fingerprint density at radius 3 is 1.34 bits per heavy atom. The number of carbonyl (C=O) groups excluding carboxylic acids is 1. The van der Waals surface area contributed by atoms with Crippen LogP contribution in [0.15, 0.2) is 85.1 Å². The summed E-state index contributed by atoms with van der Waals surface area (Å²) in [7, 11) is 1.64. The number of esters is 1. The maximum Gasteiger partial charge on any atom is 0.472 e. The van der Waals surface area contributed by atoms with E-state index < -0.39 is 13.9 Å². The van der Waals surface area contributed by atoms with E-state index in [0.717, 1.165) is 83.5 Å². The maximum atomic E-state index is 12.8. The number of likely N-dealkylation sites (N-methyl/N-ethyl adjacent to an activating group) is 1. The first-order valence-electron chi connectivity index (χ1n) is 26.3. The van der Waals surface area contributed by atoms with Crippen LogP contribution in [0.5, 0.6) is 0 Å². The summed E-state index contributed by atoms with van der Waals surface area (Å²) < 4.78 is 35.1. The monoisotopic (exact) mass is 931 g/mol. The molecule has 0 saturated carbocycles. The molecule has 0 radical (unpaired) electrons. The fourth-order valence-corrected chi connectivity index (χ4v) is 7.65. The van der Waals surface area contributed by atoms with Gasteiger partial charge in [0.1, 0.15) is 19.3 Å². The predicted octanol–water partition coefficient (Wildman–Crippen LogP) is 16.4. The smallest absolute Gasteiger partial charge is 0.457 e. The highest BCUT2D eigenvalue weighted by molar-refractivity contribution is 7.47. The van der Waals surface area contributed by atoms with E-state index in [4.69, 9.17) is 18.5 Å². The van der Waals surface area contributed by atoms with Crippen molar-refractivity contribution in [2.24, 2.45) is 0 Å². The Bertz CT molecular complexity index is 1310. The number of hydrogen-bond donors (Lipinski definition) is 1. The number of phosphoric ester groups is 1. The number of unbranched alkanes of at least 4 members (excludes halogenated alkanes) is 20. The lowest BCUT2D eigenvalue weighted by atomic mass is 10.0. The molecular weight excluding hydrogens is 830 g/mol. The van der Waals surface area contributed by atoms with Crippen LogP contribution in [0.4, 0.5) is 0 Å². The van der Waals surface area contributed by atoms with Crippen molar-refractivity contribution in [2.45, 2.75) is 213 Å². The number of allylic oxidation sites excluding steroid dienone is 14. The summed E-state index contributed by atoms with van der Waals surface area (Å²) in [5.41, 5.74) is 0. The van der Waals surface area contributed by atoms with E-state index in [2.05, 4.69) is 98.9 Å². The molecule has 0 saturated heterocycles. The summed E-state index contributed by atoms with van der Waals surface area (Å²) in [6.07, 6.45) is 64.9. The molecule has 0 aromatic rings. The number of hydrogen-bond acceptors (Lipinski definition) is 6. The van der Waals surface area contributed by atoms with E-state index >= 15 is 0 Å². The van der Waals surface area contributed by atoms with Crippen molar-refractivity contribution in [3.05, 3.63) is 85.1 Å². The van der Waals surface area contributed by atoms with Crippen molar-refractivity contribution < 1.29 is 37.3 Å². The normalized spacial score (nSPS) is 14.2. The number of carbonyl (C=O) groups is 1. The lowest BCUT2D eigenvalue weighted by Crippen LogP contribution is -2.37. The molecule has 1 N–H and O–H groups in total. The van der Waals surface area contributed by atoms with Crippen LogP contribution in [-0.4, -0.2) is 75.6 Å². The molecule has 0 heterocycles. The van der Waals surface area contributed by atoms with Crippen LogP contribution in [-0.2, 0) is 27.9 Å². The second-order valence-corrected chi connectivity index (χ2v) is 20.0. The summed E-state index contributed by atoms with van der Waals surface area (Å²) in [5, 5.41) is 0. The Balaban J connectivity index is 4.17. The van der Waals surface area contributed by atoms with E-state index in [-0.39, 0.29) is 25.8 Å². The molecule has 0 bridgehead atoms. The SMILES string of the molecule is CC/C=C\C/C=C\C/C=C\C/C=C\CCCCCCCOCC(COP(=O)(O)OCC[N+](C)(C)C)OC(=O)CCCCCCCCCCCC/C=C\C/C=C\C/C=C\CCCCCCC. The van der Waals surface area contributed by atoms with E-state index in [1.165, 1.54) is 103 Å². The van der Waals surface area contributed by atoms with Crippen molar-refractivity contribution in [3.8, 4) is 0 Å². The summed E-state index contributed by atoms with van der Waals surface area (Å²) in [6, 6.07) is 0. The van der Waals surface area contributed by atoms with E-state index in [1.54, 1.807) is 0 Å². The molecule has 376 valence electrons. The molecule has 0 rings (SSSR count). The second-order valence-electron chi connectivity index (χ2n) is 18.5. The van der Waals surface area contributed by atoms with Gasteiger partial charge in [0.25, 0.3) is 0 Å². The molecule has 0 aliphatic carbocycles. The number of phosphoric acid groups is 1. The van der Waals surface area contributed by atoms with Crippen molar-refractivity contribution in [2.75, 3.05) is 54.1 Å². The number of ether oxygens (including phenoxy) is 2. The third-order valence-corrected chi connectivity index (χ3v) is 11.9. The van der Waals surface area contributed by atoms with Gasteiger partial charge in [-0.05, 0) is 89.9 Å². The van der Waals surface area contributed by atoms with Gasteiger partial charge in [0, 0.05) is 13.0 Å². The quantitative estimate of drug-likeness (QED) is 0.0214. The third kappa shape index (κ3) is 52.5. The van der Waals surface area contributed by atoms with Crippen LogP contribution in [0, 0.1) is 0 Å². The highest BCUT2D eigenvalue weighted by Crippen LogP contribution is 2.43. The van der Waals surface area contributed by atoms with Gasteiger partial charge in [0.05, 0.1) is 34.4 Å². The van der Waals surface area contributed by atoms with Crippen LogP contribution in [0.2, 0.25) is 0 Å². The fourth-order valence-electron chi connectivity index (χ4n) is 6.90. The highest BCUT2D eigenvalue weighted by Gasteiger charge is 2.26. The van der Waals surface area contributed by atoms with Gasteiger partial charge < -0.3 is 18.9 Å². The Morgan fingerprint density at radius 2 is 0.892 bits per heavy atom. The Morgan fingerprint density at radius 1 is 0.492 bits per heavy atom. The van der Waals surface area contributed by atoms with Crippen LogP contribution < -0.4 is 0 Å². The Kier molecular flexibility index (Phi) is 46.4. The van der Waals surface area contributed by atoms with Crippen LogP contribution >= 0.6 is 7.82 Å². The number of quaternary nitrogens is 1. The first-order chi connectivity index (χ1) is 31.6. The van der Waals surface area contributed by atoms with Crippen LogP contribution in [0.25, 0.3) is 0 Å². The van der Waals surface area contributed by atoms with Gasteiger partial charge in [-0.2, -0.15) is 0 Å². The molecule has 0 aliphatic heterocycles.